The molecule has 3 aromatic rings. The fourth-order valence-electron chi connectivity index (χ4n) is 3.59. The lowest BCUT2D eigenvalue weighted by Crippen LogP contribution is -2.42. The molecule has 0 radical (unpaired) electrons. The van der Waals surface area contributed by atoms with Crippen LogP contribution in [-0.2, 0) is 11.3 Å². The first kappa shape index (κ1) is 20.0. The van der Waals surface area contributed by atoms with Crippen LogP contribution in [0.3, 0.4) is 0 Å². The number of pyridine rings is 1. The highest BCUT2D eigenvalue weighted by molar-refractivity contribution is 5.97. The topological polar surface area (TPSA) is 60.8 Å². The highest BCUT2D eigenvalue weighted by Crippen LogP contribution is 2.22. The molecule has 0 unspecified atom stereocenters. The number of rotatable bonds is 4. The van der Waals surface area contributed by atoms with Gasteiger partial charge in [0.25, 0.3) is 5.91 Å². The van der Waals surface area contributed by atoms with E-state index >= 15 is 0 Å². The first-order chi connectivity index (χ1) is 14.5. The van der Waals surface area contributed by atoms with Crippen LogP contribution in [0.1, 0.15) is 15.9 Å². The SMILES string of the molecule is COc1ccc(Cn2cc(C(=O)N3CCOCC3)c(=O)c3c(F)ccc(F)c32)cc1. The average Bonchev–Trinajstić information content (AvgIpc) is 2.78. The molecular weight excluding hydrogens is 394 g/mol. The number of carbonyl (C=O) groups excluding carboxylic acids is 1. The van der Waals surface area contributed by atoms with Gasteiger partial charge in [-0.15, -0.1) is 0 Å². The lowest BCUT2D eigenvalue weighted by molar-refractivity contribution is 0.0301. The Bertz CT molecular complexity index is 1150. The number of fused-ring (bicyclic) bond motifs is 1. The van der Waals surface area contributed by atoms with Crippen LogP contribution in [0, 0.1) is 11.6 Å². The Labute approximate surface area is 171 Å². The molecule has 0 bridgehead atoms. The zero-order valence-electron chi connectivity index (χ0n) is 16.4. The molecule has 0 N–H and O–H groups in total. The molecule has 1 aromatic heterocycles. The maximum Gasteiger partial charge on any atom is 0.259 e. The van der Waals surface area contributed by atoms with Gasteiger partial charge in [-0.3, -0.25) is 9.59 Å². The summed E-state index contributed by atoms with van der Waals surface area (Å²) in [6, 6.07) is 8.94. The van der Waals surface area contributed by atoms with Crippen LogP contribution in [0.5, 0.6) is 5.75 Å². The molecule has 156 valence electrons. The van der Waals surface area contributed by atoms with E-state index in [1.165, 1.54) is 15.7 Å². The summed E-state index contributed by atoms with van der Waals surface area (Å²) in [6.45, 7) is 1.54. The van der Waals surface area contributed by atoms with Crippen molar-refractivity contribution in [3.05, 3.63) is 75.6 Å². The molecule has 1 aliphatic heterocycles. The molecule has 2 aromatic carbocycles. The van der Waals surface area contributed by atoms with Gasteiger partial charge in [-0.1, -0.05) is 12.1 Å². The van der Waals surface area contributed by atoms with Gasteiger partial charge >= 0.3 is 0 Å². The molecule has 0 spiro atoms. The van der Waals surface area contributed by atoms with Gasteiger partial charge in [-0.25, -0.2) is 8.78 Å². The quantitative estimate of drug-likeness (QED) is 0.659. The number of hydrogen-bond acceptors (Lipinski definition) is 4. The van der Waals surface area contributed by atoms with E-state index in [0.717, 1.165) is 17.7 Å². The maximum absolute atomic E-state index is 14.7. The number of nitrogens with zero attached hydrogens (tertiary/aromatic N) is 2. The van der Waals surface area contributed by atoms with Crippen LogP contribution >= 0.6 is 0 Å². The van der Waals surface area contributed by atoms with E-state index in [1.54, 1.807) is 31.4 Å². The van der Waals surface area contributed by atoms with Crippen LogP contribution in [0.15, 0.2) is 47.4 Å². The molecule has 1 fully saturated rings. The van der Waals surface area contributed by atoms with Gasteiger partial charge in [0.1, 0.15) is 22.9 Å². The minimum absolute atomic E-state index is 0.143. The fraction of sp³-hybridized carbons (Fsp3) is 0.273. The number of morpholine rings is 1. The van der Waals surface area contributed by atoms with Crippen molar-refractivity contribution in [3.63, 3.8) is 0 Å². The third-order valence-electron chi connectivity index (χ3n) is 5.16. The Kier molecular flexibility index (Phi) is 5.50. The van der Waals surface area contributed by atoms with Crippen LogP contribution in [-0.4, -0.2) is 48.8 Å². The molecule has 6 nitrogen and oxygen atoms in total. The van der Waals surface area contributed by atoms with E-state index in [9.17, 15) is 18.4 Å². The lowest BCUT2D eigenvalue weighted by Gasteiger charge is -2.27. The van der Waals surface area contributed by atoms with Crippen molar-refractivity contribution in [2.75, 3.05) is 33.4 Å². The highest BCUT2D eigenvalue weighted by atomic mass is 19.1. The highest BCUT2D eigenvalue weighted by Gasteiger charge is 2.25. The second-order valence-electron chi connectivity index (χ2n) is 7.01. The Morgan fingerprint density at radius 3 is 2.40 bits per heavy atom. The van der Waals surface area contributed by atoms with Crippen molar-refractivity contribution in [3.8, 4) is 5.75 Å². The minimum atomic E-state index is -0.864. The van der Waals surface area contributed by atoms with Gasteiger partial charge in [0, 0.05) is 25.8 Å². The zero-order valence-corrected chi connectivity index (χ0v) is 16.4. The Morgan fingerprint density at radius 2 is 1.73 bits per heavy atom. The zero-order chi connectivity index (χ0) is 21.3. The number of amides is 1. The Hall–Kier alpha value is -3.26. The molecule has 30 heavy (non-hydrogen) atoms. The van der Waals surface area contributed by atoms with E-state index in [0.29, 0.717) is 32.1 Å². The molecular formula is C22H20F2N2O4. The minimum Gasteiger partial charge on any atom is -0.497 e. The molecule has 0 aliphatic carbocycles. The Morgan fingerprint density at radius 1 is 1.07 bits per heavy atom. The second kappa shape index (κ2) is 8.23. The summed E-state index contributed by atoms with van der Waals surface area (Å²) in [5.41, 5.74) is -0.407. The number of aromatic nitrogens is 1. The fourth-order valence-corrected chi connectivity index (χ4v) is 3.59. The van der Waals surface area contributed by atoms with Crippen molar-refractivity contribution in [2.45, 2.75) is 6.54 Å². The Balaban J connectivity index is 1.86. The summed E-state index contributed by atoms with van der Waals surface area (Å²) in [7, 11) is 1.55. The molecule has 0 atom stereocenters. The summed E-state index contributed by atoms with van der Waals surface area (Å²) in [6.07, 6.45) is 1.31. The summed E-state index contributed by atoms with van der Waals surface area (Å²) in [4.78, 5) is 27.4. The maximum atomic E-state index is 14.7. The standard InChI is InChI=1S/C22H20F2N2O4/c1-29-15-4-2-14(3-5-15)12-26-13-16(22(28)25-8-10-30-11-9-25)21(27)19-17(23)6-7-18(24)20(19)26/h2-7,13H,8-12H2,1H3. The first-order valence-electron chi connectivity index (χ1n) is 9.50. The monoisotopic (exact) mass is 414 g/mol. The molecule has 0 saturated carbocycles. The number of halogens is 2. The van der Waals surface area contributed by atoms with Gasteiger partial charge in [-0.2, -0.15) is 0 Å². The van der Waals surface area contributed by atoms with Crippen LogP contribution in [0.25, 0.3) is 10.9 Å². The van der Waals surface area contributed by atoms with Crippen LogP contribution < -0.4 is 10.2 Å². The summed E-state index contributed by atoms with van der Waals surface area (Å²) in [5.74, 6) is -1.46. The molecule has 1 saturated heterocycles. The van der Waals surface area contributed by atoms with Gasteiger partial charge in [0.15, 0.2) is 0 Å². The smallest absolute Gasteiger partial charge is 0.259 e. The summed E-state index contributed by atoms with van der Waals surface area (Å²) in [5, 5.41) is -0.428. The van der Waals surface area contributed by atoms with Crippen LogP contribution in [0.4, 0.5) is 8.78 Å². The number of ether oxygens (including phenoxy) is 2. The van der Waals surface area contributed by atoms with E-state index in [1.807, 2.05) is 0 Å². The normalized spacial score (nSPS) is 14.2. The molecule has 2 heterocycles. The number of benzene rings is 2. The molecule has 4 rings (SSSR count). The molecule has 1 amide bonds. The second-order valence-corrected chi connectivity index (χ2v) is 7.01. The number of methoxy groups -OCH3 is 1. The summed E-state index contributed by atoms with van der Waals surface area (Å²) < 4.78 is 41.0. The molecule has 1 aliphatic rings. The van der Waals surface area contributed by atoms with Gasteiger partial charge in [0.2, 0.25) is 5.43 Å². The first-order valence-corrected chi connectivity index (χ1v) is 9.50. The number of hydrogen-bond donors (Lipinski definition) is 0. The van der Waals surface area contributed by atoms with Crippen molar-refractivity contribution < 1.29 is 23.0 Å². The van der Waals surface area contributed by atoms with Crippen molar-refractivity contribution in [1.82, 2.24) is 9.47 Å². The van der Waals surface area contributed by atoms with Crippen molar-refractivity contribution >= 4 is 16.8 Å². The van der Waals surface area contributed by atoms with E-state index in [-0.39, 0.29) is 17.6 Å². The predicted molar refractivity (Wildman–Crippen MR) is 107 cm³/mol. The predicted octanol–water partition coefficient (Wildman–Crippen LogP) is 2.81. The summed E-state index contributed by atoms with van der Waals surface area (Å²) >= 11 is 0. The third kappa shape index (κ3) is 3.66. The largest absolute Gasteiger partial charge is 0.497 e. The van der Waals surface area contributed by atoms with Gasteiger partial charge in [0.05, 0.1) is 31.2 Å². The van der Waals surface area contributed by atoms with E-state index in [4.69, 9.17) is 9.47 Å². The third-order valence-corrected chi connectivity index (χ3v) is 5.16. The number of carbonyl (C=O) groups is 1. The average molecular weight is 414 g/mol. The van der Waals surface area contributed by atoms with Crippen molar-refractivity contribution in [1.29, 1.82) is 0 Å². The van der Waals surface area contributed by atoms with Crippen molar-refractivity contribution in [2.24, 2.45) is 0 Å². The van der Waals surface area contributed by atoms with E-state index in [2.05, 4.69) is 0 Å². The van der Waals surface area contributed by atoms with E-state index < -0.39 is 28.4 Å². The van der Waals surface area contributed by atoms with Crippen LogP contribution in [0.2, 0.25) is 0 Å². The van der Waals surface area contributed by atoms with Gasteiger partial charge in [-0.05, 0) is 29.8 Å². The lowest BCUT2D eigenvalue weighted by atomic mass is 10.1. The molecule has 8 heteroatoms. The van der Waals surface area contributed by atoms with Gasteiger partial charge < -0.3 is 18.9 Å².